The van der Waals surface area contributed by atoms with Gasteiger partial charge in [-0.1, -0.05) is 18.2 Å². The molecule has 1 heterocycles. The van der Waals surface area contributed by atoms with Crippen LogP contribution in [0.3, 0.4) is 0 Å². The Hall–Kier alpha value is -2.78. The molecule has 0 bridgehead atoms. The molecule has 2 aromatic rings. The van der Waals surface area contributed by atoms with Crippen molar-refractivity contribution in [1.29, 1.82) is 0 Å². The highest BCUT2D eigenvalue weighted by Crippen LogP contribution is 2.24. The number of anilines is 1. The third-order valence-electron chi connectivity index (χ3n) is 4.92. The Bertz CT molecular complexity index is 981. The van der Waals surface area contributed by atoms with Crippen LogP contribution >= 0.6 is 0 Å². The Morgan fingerprint density at radius 1 is 1.07 bits per heavy atom. The first-order valence-electron chi connectivity index (χ1n) is 9.74. The van der Waals surface area contributed by atoms with Crippen LogP contribution in [0, 0.1) is 11.7 Å². The summed E-state index contributed by atoms with van der Waals surface area (Å²) in [6.45, 7) is 0.531. The molecule has 0 unspecified atom stereocenters. The van der Waals surface area contributed by atoms with Crippen LogP contribution in [0.1, 0.15) is 19.3 Å². The number of benzene rings is 2. The molecule has 1 aliphatic rings. The summed E-state index contributed by atoms with van der Waals surface area (Å²) in [6, 6.07) is 13.7. The van der Waals surface area contributed by atoms with E-state index in [4.69, 9.17) is 0 Å². The normalized spacial score (nSPS) is 17.3. The quantitative estimate of drug-likeness (QED) is 0.701. The van der Waals surface area contributed by atoms with Crippen LogP contribution < -0.4 is 10.6 Å². The minimum atomic E-state index is -3.79. The number of nitrogens with one attached hydrogen (secondary N) is 2. The number of piperidine rings is 1. The summed E-state index contributed by atoms with van der Waals surface area (Å²) in [7, 11) is -3.79. The maximum absolute atomic E-state index is 13.1. The molecule has 1 aliphatic heterocycles. The second-order valence-corrected chi connectivity index (χ2v) is 9.05. The van der Waals surface area contributed by atoms with Crippen molar-refractivity contribution >= 4 is 27.5 Å². The molecule has 1 fully saturated rings. The van der Waals surface area contributed by atoms with Crippen LogP contribution in [-0.2, 0) is 19.6 Å². The maximum atomic E-state index is 13.1. The largest absolute Gasteiger partial charge is 0.355 e. The van der Waals surface area contributed by atoms with Gasteiger partial charge in [0.2, 0.25) is 21.8 Å². The smallest absolute Gasteiger partial charge is 0.243 e. The van der Waals surface area contributed by atoms with Gasteiger partial charge in [0.1, 0.15) is 5.82 Å². The number of para-hydroxylation sites is 1. The van der Waals surface area contributed by atoms with Crippen molar-refractivity contribution in [3.63, 3.8) is 0 Å². The van der Waals surface area contributed by atoms with E-state index >= 15 is 0 Å². The molecule has 0 saturated carbocycles. The number of carbonyl (C=O) groups excluding carboxylic acids is 2. The topological polar surface area (TPSA) is 95.6 Å². The molecule has 7 nitrogen and oxygen atoms in total. The lowest BCUT2D eigenvalue weighted by molar-refractivity contribution is -0.126. The number of amides is 2. The van der Waals surface area contributed by atoms with Gasteiger partial charge in [0.05, 0.1) is 10.8 Å². The molecule has 2 aromatic carbocycles. The zero-order valence-corrected chi connectivity index (χ0v) is 17.2. The van der Waals surface area contributed by atoms with E-state index in [0.717, 1.165) is 12.1 Å². The van der Waals surface area contributed by atoms with E-state index in [2.05, 4.69) is 10.6 Å². The summed E-state index contributed by atoms with van der Waals surface area (Å²) in [5.41, 5.74) is 0.683. The molecule has 1 saturated heterocycles. The molecule has 30 heavy (non-hydrogen) atoms. The van der Waals surface area contributed by atoms with E-state index in [1.54, 1.807) is 12.1 Å². The van der Waals surface area contributed by atoms with Gasteiger partial charge in [-0.25, -0.2) is 12.8 Å². The first-order valence-corrected chi connectivity index (χ1v) is 11.2. The number of sulfonamides is 1. The van der Waals surface area contributed by atoms with Crippen molar-refractivity contribution in [3.8, 4) is 0 Å². The van der Waals surface area contributed by atoms with Gasteiger partial charge in [-0.2, -0.15) is 4.31 Å². The van der Waals surface area contributed by atoms with E-state index in [1.165, 1.54) is 16.4 Å². The Morgan fingerprint density at radius 3 is 2.47 bits per heavy atom. The van der Waals surface area contributed by atoms with Crippen molar-refractivity contribution in [2.45, 2.75) is 24.2 Å². The van der Waals surface area contributed by atoms with Crippen LogP contribution in [0.5, 0.6) is 0 Å². The summed E-state index contributed by atoms with van der Waals surface area (Å²) in [6.07, 6.45) is 1.23. The summed E-state index contributed by atoms with van der Waals surface area (Å²) >= 11 is 0. The minimum Gasteiger partial charge on any atom is -0.355 e. The summed E-state index contributed by atoms with van der Waals surface area (Å²) in [4.78, 5) is 24.4. The van der Waals surface area contributed by atoms with Crippen molar-refractivity contribution in [2.24, 2.45) is 5.92 Å². The van der Waals surface area contributed by atoms with Crippen LogP contribution in [0.4, 0.5) is 10.1 Å². The number of halogens is 1. The van der Waals surface area contributed by atoms with Crippen LogP contribution in [0.15, 0.2) is 59.5 Å². The molecule has 2 N–H and O–H groups in total. The fourth-order valence-electron chi connectivity index (χ4n) is 3.32. The van der Waals surface area contributed by atoms with E-state index in [9.17, 15) is 22.4 Å². The van der Waals surface area contributed by atoms with Gasteiger partial charge >= 0.3 is 0 Å². The van der Waals surface area contributed by atoms with E-state index in [1.807, 2.05) is 18.2 Å². The highest BCUT2D eigenvalue weighted by Gasteiger charge is 2.33. The predicted molar refractivity (Wildman–Crippen MR) is 111 cm³/mol. The highest BCUT2D eigenvalue weighted by molar-refractivity contribution is 7.89. The second-order valence-electron chi connectivity index (χ2n) is 7.11. The average molecular weight is 434 g/mol. The van der Waals surface area contributed by atoms with Gasteiger partial charge in [0.15, 0.2) is 0 Å². The van der Waals surface area contributed by atoms with Crippen molar-refractivity contribution in [1.82, 2.24) is 9.62 Å². The molecule has 3 rings (SSSR count). The average Bonchev–Trinajstić information content (AvgIpc) is 2.75. The van der Waals surface area contributed by atoms with Crippen molar-refractivity contribution < 1.29 is 22.4 Å². The van der Waals surface area contributed by atoms with E-state index in [-0.39, 0.29) is 36.2 Å². The highest BCUT2D eigenvalue weighted by atomic mass is 32.2. The SMILES string of the molecule is O=C(CCNC(=O)[C@H]1CCCN(S(=O)(=O)c2ccc(F)cc2)C1)Nc1ccccc1. The molecule has 9 heteroatoms. The van der Waals surface area contributed by atoms with Gasteiger partial charge in [0, 0.05) is 31.7 Å². The predicted octanol–water partition coefficient (Wildman–Crippen LogP) is 2.37. The molecule has 0 radical (unpaired) electrons. The summed E-state index contributed by atoms with van der Waals surface area (Å²) in [5, 5.41) is 5.46. The number of nitrogens with zero attached hydrogens (tertiary/aromatic N) is 1. The second kappa shape index (κ2) is 9.82. The first kappa shape index (κ1) is 21.9. The third-order valence-corrected chi connectivity index (χ3v) is 6.79. The van der Waals surface area contributed by atoms with Crippen molar-refractivity contribution in [3.05, 3.63) is 60.4 Å². The van der Waals surface area contributed by atoms with Gasteiger partial charge in [0.25, 0.3) is 0 Å². The van der Waals surface area contributed by atoms with Gasteiger partial charge in [-0.05, 0) is 49.2 Å². The number of hydrogen-bond acceptors (Lipinski definition) is 4. The zero-order valence-electron chi connectivity index (χ0n) is 16.4. The Morgan fingerprint density at radius 2 is 1.77 bits per heavy atom. The van der Waals surface area contributed by atoms with Crippen molar-refractivity contribution in [2.75, 3.05) is 25.0 Å². The van der Waals surface area contributed by atoms with E-state index < -0.39 is 21.8 Å². The molecule has 0 spiro atoms. The lowest BCUT2D eigenvalue weighted by atomic mass is 9.99. The monoisotopic (exact) mass is 433 g/mol. The minimum absolute atomic E-state index is 0.00235. The number of rotatable bonds is 7. The first-order chi connectivity index (χ1) is 14.4. The van der Waals surface area contributed by atoms with Gasteiger partial charge in [-0.3, -0.25) is 9.59 Å². The Labute approximate surface area is 175 Å². The van der Waals surface area contributed by atoms with E-state index in [0.29, 0.717) is 25.1 Å². The van der Waals surface area contributed by atoms with Crippen LogP contribution in [0.25, 0.3) is 0 Å². The molecule has 0 aromatic heterocycles. The zero-order chi connectivity index (χ0) is 21.6. The molecule has 1 atom stereocenters. The fourth-order valence-corrected chi connectivity index (χ4v) is 4.84. The summed E-state index contributed by atoms with van der Waals surface area (Å²) < 4.78 is 39.9. The lowest BCUT2D eigenvalue weighted by Crippen LogP contribution is -2.45. The van der Waals surface area contributed by atoms with Gasteiger partial charge in [-0.15, -0.1) is 0 Å². The maximum Gasteiger partial charge on any atom is 0.243 e. The van der Waals surface area contributed by atoms with Gasteiger partial charge < -0.3 is 10.6 Å². The standard InChI is InChI=1S/C21H24FN3O4S/c22-17-8-10-19(11-9-17)30(28,29)25-14-4-5-16(15-25)21(27)23-13-12-20(26)24-18-6-2-1-3-7-18/h1-3,6-11,16H,4-5,12-15H2,(H,23,27)(H,24,26)/t16-/m0/s1. The van der Waals surface area contributed by atoms with Crippen LogP contribution in [0.2, 0.25) is 0 Å². The van der Waals surface area contributed by atoms with Crippen LogP contribution in [-0.4, -0.2) is 44.2 Å². The molecular formula is C21H24FN3O4S. The lowest BCUT2D eigenvalue weighted by Gasteiger charge is -2.31. The molecular weight excluding hydrogens is 409 g/mol. The molecule has 2 amide bonds. The third kappa shape index (κ3) is 5.64. The Balaban J connectivity index is 1.50. The number of carbonyl (C=O) groups is 2. The Kier molecular flexibility index (Phi) is 7.17. The fraction of sp³-hybridized carbons (Fsp3) is 0.333. The molecule has 0 aliphatic carbocycles. The molecule has 160 valence electrons. The summed E-state index contributed by atoms with van der Waals surface area (Å²) in [5.74, 6) is -1.50. The number of hydrogen-bond donors (Lipinski definition) is 2.